The fourth-order valence-corrected chi connectivity index (χ4v) is 2.81. The highest BCUT2D eigenvalue weighted by Crippen LogP contribution is 2.24. The van der Waals surface area contributed by atoms with E-state index in [0.29, 0.717) is 16.6 Å². The van der Waals surface area contributed by atoms with Crippen LogP contribution in [0.15, 0.2) is 54.9 Å². The van der Waals surface area contributed by atoms with Crippen LogP contribution in [0.2, 0.25) is 10.0 Å². The molecule has 0 aliphatic heterocycles. The van der Waals surface area contributed by atoms with E-state index in [1.807, 2.05) is 30.6 Å². The Balaban J connectivity index is 1.92. The van der Waals surface area contributed by atoms with Crippen LogP contribution < -0.4 is 0 Å². The highest BCUT2D eigenvalue weighted by molar-refractivity contribution is 14.1. The summed E-state index contributed by atoms with van der Waals surface area (Å²) in [6, 6.07) is 14.0. The molecule has 0 spiro atoms. The van der Waals surface area contributed by atoms with Crippen LogP contribution in [0.5, 0.6) is 0 Å². The van der Waals surface area contributed by atoms with Gasteiger partial charge in [-0.05, 0) is 52.4 Å². The standard InChI is InChI=1S/C16H11Cl2IN2/c17-14-6-1-11(9-15(14)18)10-21-8-7-20-16(21)12-2-4-13(19)5-3-12/h1-9H,10H2. The summed E-state index contributed by atoms with van der Waals surface area (Å²) in [5.74, 6) is 0.942. The third kappa shape index (κ3) is 3.42. The Morgan fingerprint density at radius 1 is 1.00 bits per heavy atom. The van der Waals surface area contributed by atoms with Crippen LogP contribution in [0.1, 0.15) is 5.56 Å². The number of hydrogen-bond acceptors (Lipinski definition) is 1. The van der Waals surface area contributed by atoms with E-state index in [1.165, 1.54) is 3.57 Å². The van der Waals surface area contributed by atoms with Gasteiger partial charge in [0.1, 0.15) is 5.82 Å². The third-order valence-corrected chi connectivity index (χ3v) is 4.61. The zero-order valence-corrected chi connectivity index (χ0v) is 14.6. The van der Waals surface area contributed by atoms with Gasteiger partial charge in [0.15, 0.2) is 0 Å². The molecule has 0 saturated carbocycles. The van der Waals surface area contributed by atoms with Crippen molar-refractivity contribution in [2.45, 2.75) is 6.54 Å². The van der Waals surface area contributed by atoms with E-state index in [2.05, 4.69) is 56.4 Å². The average molecular weight is 429 g/mol. The van der Waals surface area contributed by atoms with Gasteiger partial charge >= 0.3 is 0 Å². The van der Waals surface area contributed by atoms with Crippen molar-refractivity contribution in [3.63, 3.8) is 0 Å². The van der Waals surface area contributed by atoms with Crippen molar-refractivity contribution in [1.29, 1.82) is 0 Å². The molecule has 106 valence electrons. The second-order valence-corrected chi connectivity index (χ2v) is 6.69. The molecule has 0 unspecified atom stereocenters. The number of rotatable bonds is 3. The molecular formula is C16H11Cl2IN2. The van der Waals surface area contributed by atoms with E-state index < -0.39 is 0 Å². The molecule has 2 aromatic carbocycles. The molecule has 21 heavy (non-hydrogen) atoms. The molecule has 0 amide bonds. The molecule has 0 radical (unpaired) electrons. The highest BCUT2D eigenvalue weighted by Gasteiger charge is 2.07. The predicted octanol–water partition coefficient (Wildman–Crippen LogP) is 5.51. The molecule has 0 N–H and O–H groups in total. The maximum atomic E-state index is 6.07. The van der Waals surface area contributed by atoms with Crippen molar-refractivity contribution >= 4 is 45.8 Å². The fraction of sp³-hybridized carbons (Fsp3) is 0.0625. The minimum atomic E-state index is 0.573. The molecule has 1 heterocycles. The molecule has 0 aliphatic rings. The van der Waals surface area contributed by atoms with E-state index >= 15 is 0 Å². The molecule has 3 rings (SSSR count). The van der Waals surface area contributed by atoms with Gasteiger partial charge in [-0.3, -0.25) is 0 Å². The lowest BCUT2D eigenvalue weighted by Gasteiger charge is -2.09. The Labute approximate surface area is 146 Å². The molecular weight excluding hydrogens is 418 g/mol. The Morgan fingerprint density at radius 2 is 1.76 bits per heavy atom. The molecule has 0 bridgehead atoms. The quantitative estimate of drug-likeness (QED) is 0.503. The van der Waals surface area contributed by atoms with Crippen LogP contribution in [0.25, 0.3) is 11.4 Å². The van der Waals surface area contributed by atoms with E-state index in [-0.39, 0.29) is 0 Å². The lowest BCUT2D eigenvalue weighted by atomic mass is 10.2. The first-order chi connectivity index (χ1) is 10.1. The molecule has 0 saturated heterocycles. The normalized spacial score (nSPS) is 10.8. The first kappa shape index (κ1) is 14.9. The van der Waals surface area contributed by atoms with E-state index in [9.17, 15) is 0 Å². The Kier molecular flexibility index (Phi) is 4.52. The summed E-state index contributed by atoms with van der Waals surface area (Å²) in [5, 5.41) is 1.15. The zero-order valence-electron chi connectivity index (χ0n) is 10.9. The van der Waals surface area contributed by atoms with Gasteiger partial charge in [0.25, 0.3) is 0 Å². The maximum absolute atomic E-state index is 6.07. The predicted molar refractivity (Wildman–Crippen MR) is 95.9 cm³/mol. The van der Waals surface area contributed by atoms with Gasteiger partial charge < -0.3 is 4.57 Å². The molecule has 0 fully saturated rings. The summed E-state index contributed by atoms with van der Waals surface area (Å²) in [7, 11) is 0. The molecule has 0 aliphatic carbocycles. The molecule has 5 heteroatoms. The maximum Gasteiger partial charge on any atom is 0.140 e. The summed E-state index contributed by atoms with van der Waals surface area (Å²) < 4.78 is 3.31. The fourth-order valence-electron chi connectivity index (χ4n) is 2.13. The van der Waals surface area contributed by atoms with Crippen LogP contribution in [0.4, 0.5) is 0 Å². The zero-order chi connectivity index (χ0) is 14.8. The SMILES string of the molecule is Clc1ccc(Cn2ccnc2-c2ccc(I)cc2)cc1Cl. The van der Waals surface area contributed by atoms with E-state index in [0.717, 1.165) is 17.0 Å². The van der Waals surface area contributed by atoms with Gasteiger partial charge in [-0.2, -0.15) is 0 Å². The molecule has 1 aromatic heterocycles. The first-order valence-electron chi connectivity index (χ1n) is 6.34. The van der Waals surface area contributed by atoms with Gasteiger partial charge in [0.2, 0.25) is 0 Å². The van der Waals surface area contributed by atoms with Gasteiger partial charge in [-0.15, -0.1) is 0 Å². The number of aromatic nitrogens is 2. The second-order valence-electron chi connectivity index (χ2n) is 4.63. The average Bonchev–Trinajstić information content (AvgIpc) is 2.92. The van der Waals surface area contributed by atoms with Crippen LogP contribution in [0, 0.1) is 3.57 Å². The third-order valence-electron chi connectivity index (χ3n) is 3.15. The number of hydrogen-bond donors (Lipinski definition) is 0. The number of benzene rings is 2. The molecule has 2 nitrogen and oxygen atoms in total. The summed E-state index contributed by atoms with van der Waals surface area (Å²) in [5.41, 5.74) is 2.19. The lowest BCUT2D eigenvalue weighted by Crippen LogP contribution is -2.01. The smallest absolute Gasteiger partial charge is 0.140 e. The number of nitrogens with zero attached hydrogens (tertiary/aromatic N) is 2. The van der Waals surface area contributed by atoms with Crippen LogP contribution in [-0.4, -0.2) is 9.55 Å². The minimum absolute atomic E-state index is 0.573. The van der Waals surface area contributed by atoms with E-state index in [4.69, 9.17) is 23.2 Å². The first-order valence-corrected chi connectivity index (χ1v) is 8.18. The topological polar surface area (TPSA) is 17.8 Å². The van der Waals surface area contributed by atoms with Crippen molar-refractivity contribution in [1.82, 2.24) is 9.55 Å². The molecule has 3 aromatic rings. The van der Waals surface area contributed by atoms with Crippen LogP contribution in [0.3, 0.4) is 0 Å². The Hall–Kier alpha value is -1.04. The number of halogens is 3. The van der Waals surface area contributed by atoms with Gasteiger partial charge in [0, 0.05) is 28.1 Å². The van der Waals surface area contributed by atoms with Gasteiger partial charge in [-0.25, -0.2) is 4.98 Å². The van der Waals surface area contributed by atoms with Crippen molar-refractivity contribution in [3.05, 3.63) is 74.0 Å². The summed E-state index contributed by atoms with van der Waals surface area (Å²) >= 11 is 14.3. The second kappa shape index (κ2) is 6.38. The summed E-state index contributed by atoms with van der Waals surface area (Å²) in [4.78, 5) is 4.45. The molecule has 0 atom stereocenters. The highest BCUT2D eigenvalue weighted by atomic mass is 127. The summed E-state index contributed by atoms with van der Waals surface area (Å²) in [6.07, 6.45) is 3.78. The summed E-state index contributed by atoms with van der Waals surface area (Å²) in [6.45, 7) is 0.707. The van der Waals surface area contributed by atoms with Crippen molar-refractivity contribution in [3.8, 4) is 11.4 Å². The Bertz CT molecular complexity index is 766. The number of imidazole rings is 1. The lowest BCUT2D eigenvalue weighted by molar-refractivity contribution is 0.807. The van der Waals surface area contributed by atoms with Crippen molar-refractivity contribution in [2.75, 3.05) is 0 Å². The monoisotopic (exact) mass is 428 g/mol. The van der Waals surface area contributed by atoms with Crippen LogP contribution >= 0.6 is 45.8 Å². The largest absolute Gasteiger partial charge is 0.327 e. The Morgan fingerprint density at radius 3 is 2.48 bits per heavy atom. The van der Waals surface area contributed by atoms with Gasteiger partial charge in [0.05, 0.1) is 10.0 Å². The van der Waals surface area contributed by atoms with Crippen molar-refractivity contribution < 1.29 is 0 Å². The van der Waals surface area contributed by atoms with Crippen LogP contribution in [-0.2, 0) is 6.54 Å². The van der Waals surface area contributed by atoms with Gasteiger partial charge in [-0.1, -0.05) is 41.4 Å². The van der Waals surface area contributed by atoms with E-state index in [1.54, 1.807) is 0 Å². The van der Waals surface area contributed by atoms with Crippen molar-refractivity contribution in [2.24, 2.45) is 0 Å². The minimum Gasteiger partial charge on any atom is -0.327 e.